The number of hydrogen-bond acceptors (Lipinski definition) is 10. The molecule has 1 aliphatic rings. The Morgan fingerprint density at radius 2 is 2.09 bits per heavy atom. The molecule has 0 radical (unpaired) electrons. The van der Waals surface area contributed by atoms with E-state index in [0.717, 1.165) is 6.07 Å². The Labute approximate surface area is 194 Å². The Kier molecular flexibility index (Phi) is 6.38. The van der Waals surface area contributed by atoms with E-state index in [1.54, 1.807) is 20.3 Å². The number of anilines is 2. The van der Waals surface area contributed by atoms with E-state index >= 15 is 0 Å². The maximum atomic E-state index is 14.7. The van der Waals surface area contributed by atoms with Crippen molar-refractivity contribution < 1.29 is 18.7 Å². The standard InChI is InChI=1S/C21H24FN7O3S/c1-11-12(2)31-8-7-29(11)20-25-17(16-10-24-19(23)33-16)26-21(27-20)32-15-6-5-13(9-14(15)22)18(30)28(3)4/h5-6,9-12H,7-8H2,1-4H3,(H2,23,24)/t11-,12?/m0/s1. The molecule has 3 heterocycles. The predicted molar refractivity (Wildman–Crippen MR) is 122 cm³/mol. The number of hydrogen-bond donors (Lipinski definition) is 1. The number of aromatic nitrogens is 4. The van der Waals surface area contributed by atoms with Crippen LogP contribution in [0.15, 0.2) is 24.4 Å². The predicted octanol–water partition coefficient (Wildman–Crippen LogP) is 2.82. The highest BCUT2D eigenvalue weighted by atomic mass is 32.1. The van der Waals surface area contributed by atoms with Crippen LogP contribution in [-0.4, -0.2) is 70.1 Å². The molecule has 3 aromatic rings. The summed E-state index contributed by atoms with van der Waals surface area (Å²) in [5, 5.41) is 0.370. The van der Waals surface area contributed by atoms with Gasteiger partial charge in [0, 0.05) is 26.2 Å². The number of rotatable bonds is 5. The lowest BCUT2D eigenvalue weighted by molar-refractivity contribution is 0.0277. The quantitative estimate of drug-likeness (QED) is 0.596. The van der Waals surface area contributed by atoms with Crippen molar-refractivity contribution in [3.8, 4) is 22.5 Å². The van der Waals surface area contributed by atoms with E-state index in [9.17, 15) is 9.18 Å². The highest BCUT2D eigenvalue weighted by molar-refractivity contribution is 7.18. The second-order valence-corrected chi connectivity index (χ2v) is 8.82. The molecule has 10 nitrogen and oxygen atoms in total. The minimum Gasteiger partial charge on any atom is -0.421 e. The maximum Gasteiger partial charge on any atom is 0.327 e. The lowest BCUT2D eigenvalue weighted by Gasteiger charge is -2.37. The van der Waals surface area contributed by atoms with Gasteiger partial charge in [-0.1, -0.05) is 11.3 Å². The Balaban J connectivity index is 1.71. The second-order valence-electron chi connectivity index (χ2n) is 7.76. The highest BCUT2D eigenvalue weighted by Crippen LogP contribution is 2.31. The molecule has 12 heteroatoms. The first-order valence-corrected chi connectivity index (χ1v) is 11.1. The molecule has 1 fully saturated rings. The van der Waals surface area contributed by atoms with Gasteiger partial charge in [0.1, 0.15) is 0 Å². The van der Waals surface area contributed by atoms with E-state index in [2.05, 4.69) is 19.9 Å². The van der Waals surface area contributed by atoms with Crippen LogP contribution >= 0.6 is 11.3 Å². The zero-order valence-corrected chi connectivity index (χ0v) is 19.5. The summed E-state index contributed by atoms with van der Waals surface area (Å²) in [5.74, 6) is -0.439. The van der Waals surface area contributed by atoms with Gasteiger partial charge in [0.25, 0.3) is 5.91 Å². The minimum absolute atomic E-state index is 0.00134. The lowest BCUT2D eigenvalue weighted by Crippen LogP contribution is -2.49. The number of nitrogens with two attached hydrogens (primary N) is 1. The molecule has 2 atom stereocenters. The van der Waals surface area contributed by atoms with Crippen molar-refractivity contribution in [3.63, 3.8) is 0 Å². The number of halogens is 1. The summed E-state index contributed by atoms with van der Waals surface area (Å²) in [6.45, 7) is 5.09. The fourth-order valence-corrected chi connectivity index (χ4v) is 3.93. The van der Waals surface area contributed by atoms with Crippen molar-refractivity contribution in [3.05, 3.63) is 35.8 Å². The van der Waals surface area contributed by atoms with Crippen molar-refractivity contribution >= 4 is 28.3 Å². The average Bonchev–Trinajstić information content (AvgIpc) is 3.22. The Hall–Kier alpha value is -3.38. The number of nitrogens with zero attached hydrogens (tertiary/aromatic N) is 6. The van der Waals surface area contributed by atoms with Crippen LogP contribution in [-0.2, 0) is 4.74 Å². The number of thiazole rings is 1. The number of nitrogen functional groups attached to an aromatic ring is 1. The summed E-state index contributed by atoms with van der Waals surface area (Å²) in [4.78, 5) is 33.5. The first-order chi connectivity index (χ1) is 15.7. The van der Waals surface area contributed by atoms with Gasteiger partial charge < -0.3 is 25.0 Å². The third-order valence-corrected chi connectivity index (χ3v) is 6.10. The molecule has 33 heavy (non-hydrogen) atoms. The zero-order chi connectivity index (χ0) is 23.7. The SMILES string of the molecule is CC1OCCN(c2nc(Oc3ccc(C(=O)N(C)C)cc3F)nc(-c3cnc(N)s3)n2)[C@H]1C. The molecule has 1 aromatic carbocycles. The summed E-state index contributed by atoms with van der Waals surface area (Å²) in [7, 11) is 3.19. The summed E-state index contributed by atoms with van der Waals surface area (Å²) < 4.78 is 26.1. The zero-order valence-electron chi connectivity index (χ0n) is 18.6. The monoisotopic (exact) mass is 473 g/mol. The van der Waals surface area contributed by atoms with Crippen LogP contribution in [0.25, 0.3) is 10.7 Å². The van der Waals surface area contributed by atoms with Gasteiger partial charge in [-0.15, -0.1) is 0 Å². The van der Waals surface area contributed by atoms with Crippen LogP contribution < -0.4 is 15.4 Å². The van der Waals surface area contributed by atoms with Gasteiger partial charge in [-0.25, -0.2) is 9.37 Å². The minimum atomic E-state index is -0.707. The fraction of sp³-hybridized carbons (Fsp3) is 0.381. The third kappa shape index (κ3) is 4.86. The molecule has 1 unspecified atom stereocenters. The van der Waals surface area contributed by atoms with Gasteiger partial charge in [0.2, 0.25) is 5.95 Å². The third-order valence-electron chi connectivity index (χ3n) is 5.27. The number of carbonyl (C=O) groups is 1. The summed E-state index contributed by atoms with van der Waals surface area (Å²) in [6.07, 6.45) is 1.54. The van der Waals surface area contributed by atoms with Crippen molar-refractivity contribution in [2.75, 3.05) is 37.9 Å². The second kappa shape index (κ2) is 9.24. The summed E-state index contributed by atoms with van der Waals surface area (Å²) in [6, 6.07) is 3.90. The number of ether oxygens (including phenoxy) is 2. The van der Waals surface area contributed by atoms with Crippen LogP contribution in [0.2, 0.25) is 0 Å². The van der Waals surface area contributed by atoms with Crippen LogP contribution in [0.3, 0.4) is 0 Å². The Morgan fingerprint density at radius 1 is 1.30 bits per heavy atom. The van der Waals surface area contributed by atoms with Crippen molar-refractivity contribution in [1.82, 2.24) is 24.8 Å². The molecule has 1 saturated heterocycles. The van der Waals surface area contributed by atoms with E-state index in [-0.39, 0.29) is 35.4 Å². The maximum absolute atomic E-state index is 14.7. The number of morpholine rings is 1. The number of benzene rings is 1. The van der Waals surface area contributed by atoms with Crippen LogP contribution in [0.1, 0.15) is 24.2 Å². The van der Waals surface area contributed by atoms with Crippen molar-refractivity contribution in [2.24, 2.45) is 0 Å². The fourth-order valence-electron chi connectivity index (χ4n) is 3.31. The molecule has 0 saturated carbocycles. The molecule has 1 amide bonds. The molecular weight excluding hydrogens is 449 g/mol. The average molecular weight is 474 g/mol. The Morgan fingerprint density at radius 3 is 2.76 bits per heavy atom. The lowest BCUT2D eigenvalue weighted by atomic mass is 10.1. The first kappa shape index (κ1) is 22.8. The number of carbonyl (C=O) groups excluding carboxylic acids is 1. The first-order valence-electron chi connectivity index (χ1n) is 10.3. The van der Waals surface area contributed by atoms with Crippen molar-refractivity contribution in [1.29, 1.82) is 0 Å². The van der Waals surface area contributed by atoms with E-state index < -0.39 is 5.82 Å². The van der Waals surface area contributed by atoms with Gasteiger partial charge in [-0.2, -0.15) is 15.0 Å². The van der Waals surface area contributed by atoms with Crippen LogP contribution in [0, 0.1) is 5.82 Å². The van der Waals surface area contributed by atoms with E-state index in [1.165, 1.54) is 28.4 Å². The van der Waals surface area contributed by atoms with Crippen LogP contribution in [0.5, 0.6) is 11.8 Å². The largest absolute Gasteiger partial charge is 0.421 e. The molecule has 4 rings (SSSR count). The van der Waals surface area contributed by atoms with Gasteiger partial charge in [-0.3, -0.25) is 4.79 Å². The topological polar surface area (TPSA) is 120 Å². The smallest absolute Gasteiger partial charge is 0.327 e. The molecule has 2 N–H and O–H groups in total. The molecule has 0 aliphatic carbocycles. The van der Waals surface area contributed by atoms with Crippen molar-refractivity contribution in [2.45, 2.75) is 26.0 Å². The summed E-state index contributed by atoms with van der Waals surface area (Å²) in [5.41, 5.74) is 5.98. The molecular formula is C21H24FN7O3S. The van der Waals surface area contributed by atoms with E-state index in [0.29, 0.717) is 34.9 Å². The van der Waals surface area contributed by atoms with Gasteiger partial charge >= 0.3 is 6.01 Å². The summed E-state index contributed by atoms with van der Waals surface area (Å²) >= 11 is 1.22. The molecule has 174 valence electrons. The number of amides is 1. The normalized spacial score (nSPS) is 18.3. The van der Waals surface area contributed by atoms with Gasteiger partial charge in [0.15, 0.2) is 22.5 Å². The molecule has 0 spiro atoms. The van der Waals surface area contributed by atoms with Crippen LogP contribution in [0.4, 0.5) is 15.5 Å². The van der Waals surface area contributed by atoms with Gasteiger partial charge in [-0.05, 0) is 32.0 Å². The Bertz CT molecular complexity index is 1170. The van der Waals surface area contributed by atoms with E-state index in [1.807, 2.05) is 18.7 Å². The highest BCUT2D eigenvalue weighted by Gasteiger charge is 2.29. The molecule has 1 aliphatic heterocycles. The van der Waals surface area contributed by atoms with E-state index in [4.69, 9.17) is 15.2 Å². The molecule has 2 aromatic heterocycles. The van der Waals surface area contributed by atoms with Gasteiger partial charge in [0.05, 0.1) is 29.8 Å². The molecule has 0 bridgehead atoms.